The van der Waals surface area contributed by atoms with Gasteiger partial charge in [0.05, 0.1) is 23.3 Å². The van der Waals surface area contributed by atoms with Crippen molar-refractivity contribution in [3.05, 3.63) is 59.6 Å². The van der Waals surface area contributed by atoms with E-state index in [2.05, 4.69) is 10.6 Å². The first-order chi connectivity index (χ1) is 11.5. The van der Waals surface area contributed by atoms with Crippen LogP contribution in [0, 0.1) is 0 Å². The van der Waals surface area contributed by atoms with E-state index in [0.29, 0.717) is 10.7 Å². The van der Waals surface area contributed by atoms with Crippen LogP contribution in [-0.4, -0.2) is 36.3 Å². The number of hydrogen-bond donors (Lipinski definition) is 2. The van der Waals surface area contributed by atoms with Crippen LogP contribution in [0.3, 0.4) is 0 Å². The van der Waals surface area contributed by atoms with Gasteiger partial charge in [0.1, 0.15) is 0 Å². The molecule has 0 bridgehead atoms. The average Bonchev–Trinajstić information content (AvgIpc) is 2.57. The van der Waals surface area contributed by atoms with Crippen LogP contribution >= 0.6 is 11.6 Å². The molecule has 0 unspecified atom stereocenters. The van der Waals surface area contributed by atoms with Crippen molar-refractivity contribution in [3.63, 3.8) is 0 Å². The third-order valence-electron chi connectivity index (χ3n) is 3.62. The second-order valence-electron chi connectivity index (χ2n) is 5.47. The Morgan fingerprint density at radius 3 is 2.33 bits per heavy atom. The van der Waals surface area contributed by atoms with Gasteiger partial charge >= 0.3 is 0 Å². The van der Waals surface area contributed by atoms with Crippen molar-refractivity contribution < 1.29 is 9.59 Å². The number of halogens is 1. The van der Waals surface area contributed by atoms with Crippen LogP contribution in [0.5, 0.6) is 0 Å². The van der Waals surface area contributed by atoms with Crippen molar-refractivity contribution >= 4 is 34.8 Å². The third kappa shape index (κ3) is 5.08. The van der Waals surface area contributed by atoms with Gasteiger partial charge in [0, 0.05) is 5.69 Å². The first kappa shape index (κ1) is 18.0. The van der Waals surface area contributed by atoms with Gasteiger partial charge in [0.25, 0.3) is 0 Å². The van der Waals surface area contributed by atoms with E-state index in [9.17, 15) is 9.59 Å². The average molecular weight is 346 g/mol. The fourth-order valence-electron chi connectivity index (χ4n) is 2.08. The molecular formula is C18H20ClN3O2. The summed E-state index contributed by atoms with van der Waals surface area (Å²) in [7, 11) is 1.72. The molecule has 2 amide bonds. The van der Waals surface area contributed by atoms with Crippen LogP contribution in [-0.2, 0) is 9.59 Å². The monoisotopic (exact) mass is 345 g/mol. The molecule has 0 aliphatic rings. The Kier molecular flexibility index (Phi) is 6.35. The number of carbonyl (C=O) groups excluding carboxylic acids is 2. The molecule has 0 fully saturated rings. The lowest BCUT2D eigenvalue weighted by Gasteiger charge is -2.23. The number of likely N-dealkylation sites (N-methyl/N-ethyl adjacent to an activating group) is 1. The van der Waals surface area contributed by atoms with E-state index < -0.39 is 6.04 Å². The fourth-order valence-corrected chi connectivity index (χ4v) is 2.27. The molecule has 5 nitrogen and oxygen atoms in total. The molecule has 0 radical (unpaired) electrons. The van der Waals surface area contributed by atoms with Crippen LogP contribution in [0.25, 0.3) is 0 Å². The Hall–Kier alpha value is -2.37. The van der Waals surface area contributed by atoms with Gasteiger partial charge in [-0.3, -0.25) is 14.5 Å². The number of amides is 2. The molecule has 0 aromatic heterocycles. The topological polar surface area (TPSA) is 61.4 Å². The second-order valence-corrected chi connectivity index (χ2v) is 5.88. The van der Waals surface area contributed by atoms with Crippen LogP contribution in [0.15, 0.2) is 54.6 Å². The number of carbonyl (C=O) groups is 2. The molecule has 2 aromatic carbocycles. The molecule has 24 heavy (non-hydrogen) atoms. The zero-order valence-corrected chi connectivity index (χ0v) is 14.4. The fraction of sp³-hybridized carbons (Fsp3) is 0.222. The van der Waals surface area contributed by atoms with Gasteiger partial charge in [0.15, 0.2) is 0 Å². The molecule has 0 aliphatic heterocycles. The molecule has 2 N–H and O–H groups in total. The van der Waals surface area contributed by atoms with Crippen LogP contribution < -0.4 is 10.6 Å². The number of hydrogen-bond acceptors (Lipinski definition) is 3. The van der Waals surface area contributed by atoms with E-state index in [-0.39, 0.29) is 18.4 Å². The Balaban J connectivity index is 1.88. The minimum atomic E-state index is -0.456. The molecule has 1 atom stereocenters. The van der Waals surface area contributed by atoms with Gasteiger partial charge in [-0.2, -0.15) is 0 Å². The van der Waals surface area contributed by atoms with Gasteiger partial charge in [-0.05, 0) is 38.2 Å². The largest absolute Gasteiger partial charge is 0.325 e. The SMILES string of the molecule is C[C@@H](C(=O)Nc1ccccc1)N(C)CC(=O)Nc1ccccc1Cl. The second kappa shape index (κ2) is 8.47. The highest BCUT2D eigenvalue weighted by Gasteiger charge is 2.20. The predicted octanol–water partition coefficient (Wildman–Crippen LogP) is 3.24. The normalized spacial score (nSPS) is 11.8. The number of nitrogens with zero attached hydrogens (tertiary/aromatic N) is 1. The van der Waals surface area contributed by atoms with Crippen molar-refractivity contribution in [2.75, 3.05) is 24.2 Å². The number of nitrogens with one attached hydrogen (secondary N) is 2. The highest BCUT2D eigenvalue weighted by atomic mass is 35.5. The zero-order valence-electron chi connectivity index (χ0n) is 13.6. The molecule has 0 spiro atoms. The highest BCUT2D eigenvalue weighted by molar-refractivity contribution is 6.33. The lowest BCUT2D eigenvalue weighted by Crippen LogP contribution is -2.43. The minimum Gasteiger partial charge on any atom is -0.325 e. The van der Waals surface area contributed by atoms with Crippen molar-refractivity contribution in [1.82, 2.24) is 4.90 Å². The third-order valence-corrected chi connectivity index (χ3v) is 3.95. The standard InChI is InChI=1S/C18H20ClN3O2/c1-13(18(24)20-14-8-4-3-5-9-14)22(2)12-17(23)21-16-11-7-6-10-15(16)19/h3-11,13H,12H2,1-2H3,(H,20,24)(H,21,23)/t13-/m0/s1. The highest BCUT2D eigenvalue weighted by Crippen LogP contribution is 2.20. The summed E-state index contributed by atoms with van der Waals surface area (Å²) < 4.78 is 0. The maximum absolute atomic E-state index is 12.2. The molecular weight excluding hydrogens is 326 g/mol. The first-order valence-corrected chi connectivity index (χ1v) is 7.95. The quantitative estimate of drug-likeness (QED) is 0.845. The van der Waals surface area contributed by atoms with E-state index in [0.717, 1.165) is 5.69 Å². The number of para-hydroxylation sites is 2. The summed E-state index contributed by atoms with van der Waals surface area (Å²) in [6, 6.07) is 15.8. The Labute approximate surface area is 146 Å². The lowest BCUT2D eigenvalue weighted by molar-refractivity contribution is -0.122. The van der Waals surface area contributed by atoms with Gasteiger partial charge in [-0.15, -0.1) is 0 Å². The summed E-state index contributed by atoms with van der Waals surface area (Å²) in [4.78, 5) is 26.0. The van der Waals surface area contributed by atoms with E-state index in [1.807, 2.05) is 30.3 Å². The van der Waals surface area contributed by atoms with Gasteiger partial charge in [0.2, 0.25) is 11.8 Å². The number of rotatable bonds is 6. The molecule has 6 heteroatoms. The molecule has 0 heterocycles. The van der Waals surface area contributed by atoms with Crippen LogP contribution in [0.4, 0.5) is 11.4 Å². The molecule has 0 saturated heterocycles. The van der Waals surface area contributed by atoms with Crippen molar-refractivity contribution in [2.45, 2.75) is 13.0 Å². The molecule has 2 aromatic rings. The van der Waals surface area contributed by atoms with Gasteiger partial charge in [-0.1, -0.05) is 41.9 Å². The first-order valence-electron chi connectivity index (χ1n) is 7.58. The van der Waals surface area contributed by atoms with Crippen LogP contribution in [0.2, 0.25) is 5.02 Å². The maximum Gasteiger partial charge on any atom is 0.241 e. The summed E-state index contributed by atoms with van der Waals surface area (Å²) in [6.07, 6.45) is 0. The molecule has 0 aliphatic carbocycles. The number of anilines is 2. The summed E-state index contributed by atoms with van der Waals surface area (Å²) in [5, 5.41) is 6.04. The summed E-state index contributed by atoms with van der Waals surface area (Å²) >= 11 is 6.02. The summed E-state index contributed by atoms with van der Waals surface area (Å²) in [5.41, 5.74) is 1.28. The Bertz CT molecular complexity index is 706. The van der Waals surface area contributed by atoms with E-state index in [1.54, 1.807) is 43.1 Å². The minimum absolute atomic E-state index is 0.0780. The maximum atomic E-state index is 12.2. The number of benzene rings is 2. The van der Waals surface area contributed by atoms with E-state index >= 15 is 0 Å². The zero-order chi connectivity index (χ0) is 17.5. The van der Waals surface area contributed by atoms with E-state index in [4.69, 9.17) is 11.6 Å². The van der Waals surface area contributed by atoms with Gasteiger partial charge in [-0.25, -0.2) is 0 Å². The molecule has 126 valence electrons. The Morgan fingerprint density at radius 2 is 1.67 bits per heavy atom. The smallest absolute Gasteiger partial charge is 0.241 e. The van der Waals surface area contributed by atoms with Crippen molar-refractivity contribution in [3.8, 4) is 0 Å². The Morgan fingerprint density at radius 1 is 1.04 bits per heavy atom. The van der Waals surface area contributed by atoms with E-state index in [1.165, 1.54) is 0 Å². The predicted molar refractivity (Wildman–Crippen MR) is 97.2 cm³/mol. The van der Waals surface area contributed by atoms with Crippen LogP contribution in [0.1, 0.15) is 6.92 Å². The molecule has 0 saturated carbocycles. The summed E-state index contributed by atoms with van der Waals surface area (Å²) in [6.45, 7) is 1.83. The van der Waals surface area contributed by atoms with Crippen molar-refractivity contribution in [1.29, 1.82) is 0 Å². The van der Waals surface area contributed by atoms with Crippen molar-refractivity contribution in [2.24, 2.45) is 0 Å². The summed E-state index contributed by atoms with van der Waals surface area (Å²) in [5.74, 6) is -0.404. The molecule has 2 rings (SSSR count). The van der Waals surface area contributed by atoms with Gasteiger partial charge < -0.3 is 10.6 Å². The lowest BCUT2D eigenvalue weighted by atomic mass is 10.2.